The van der Waals surface area contributed by atoms with Crippen LogP contribution in [0, 0.1) is 0 Å². The largest absolute Gasteiger partial charge is 0.497 e. The lowest BCUT2D eigenvalue weighted by Gasteiger charge is -2.18. The highest BCUT2D eigenvalue weighted by Crippen LogP contribution is 2.24. The van der Waals surface area contributed by atoms with Crippen LogP contribution >= 0.6 is 11.8 Å². The molecule has 4 aromatic rings. The number of hydrogen-bond acceptors (Lipinski definition) is 8. The van der Waals surface area contributed by atoms with E-state index < -0.39 is 28.1 Å². The summed E-state index contributed by atoms with van der Waals surface area (Å²) >= 11 is 1.13. The number of benzene rings is 3. The third kappa shape index (κ3) is 6.98. The molecule has 4 rings (SSSR count). The number of H-pyrrole nitrogens is 1. The molecule has 0 bridgehead atoms. The van der Waals surface area contributed by atoms with Crippen molar-refractivity contribution in [2.24, 2.45) is 0 Å². The fourth-order valence-corrected chi connectivity index (χ4v) is 5.56. The Balaban J connectivity index is 1.36. The van der Waals surface area contributed by atoms with E-state index in [0.717, 1.165) is 28.5 Å². The Labute approximate surface area is 224 Å². The molecule has 0 saturated carbocycles. The molecule has 0 aliphatic heterocycles. The van der Waals surface area contributed by atoms with Crippen LogP contribution in [0.1, 0.15) is 6.42 Å². The molecule has 1 heterocycles. The number of nitrogens with one attached hydrogen (secondary N) is 2. The first-order valence-electron chi connectivity index (χ1n) is 11.5. The summed E-state index contributed by atoms with van der Waals surface area (Å²) in [5.41, 5.74) is 2.51. The maximum absolute atomic E-state index is 12.9. The predicted molar refractivity (Wildman–Crippen MR) is 143 cm³/mol. The van der Waals surface area contributed by atoms with Crippen LogP contribution in [0.4, 0.5) is 0 Å². The van der Waals surface area contributed by atoms with E-state index in [0.29, 0.717) is 16.7 Å². The lowest BCUT2D eigenvalue weighted by Crippen LogP contribution is -2.43. The molecular weight excluding hydrogens is 528 g/mol. The molecule has 0 saturated heterocycles. The van der Waals surface area contributed by atoms with Gasteiger partial charge in [-0.05, 0) is 35.4 Å². The van der Waals surface area contributed by atoms with Gasteiger partial charge in [0.25, 0.3) is 0 Å². The van der Waals surface area contributed by atoms with Crippen molar-refractivity contribution in [3.63, 3.8) is 0 Å². The van der Waals surface area contributed by atoms with Crippen LogP contribution in [0.3, 0.4) is 0 Å². The van der Waals surface area contributed by atoms with Crippen molar-refractivity contribution in [1.29, 1.82) is 0 Å². The van der Waals surface area contributed by atoms with Gasteiger partial charge in [-0.1, -0.05) is 66.4 Å². The van der Waals surface area contributed by atoms with Gasteiger partial charge in [-0.3, -0.25) is 9.89 Å². The number of carbonyl (C=O) groups is 1. The minimum absolute atomic E-state index is 0.0775. The lowest BCUT2D eigenvalue weighted by molar-refractivity contribution is -0.139. The van der Waals surface area contributed by atoms with Gasteiger partial charge in [0.15, 0.2) is 5.82 Å². The Morgan fingerprint density at radius 1 is 1.00 bits per heavy atom. The summed E-state index contributed by atoms with van der Waals surface area (Å²) in [4.78, 5) is 16.1. The summed E-state index contributed by atoms with van der Waals surface area (Å²) in [6.45, 7) is 0. The molecule has 0 aliphatic rings. The molecule has 10 nitrogen and oxygen atoms in total. The molecule has 1 aromatic heterocycles. The van der Waals surface area contributed by atoms with E-state index in [1.807, 2.05) is 42.5 Å². The molecular formula is C26H26N4O6S2. The van der Waals surface area contributed by atoms with Gasteiger partial charge < -0.3 is 14.9 Å². The lowest BCUT2D eigenvalue weighted by atomic mass is 10.1. The van der Waals surface area contributed by atoms with E-state index in [2.05, 4.69) is 19.9 Å². The minimum atomic E-state index is -4.15. The first-order valence-corrected chi connectivity index (χ1v) is 14.0. The first kappa shape index (κ1) is 27.3. The number of aromatic nitrogens is 3. The number of ether oxygens (including phenoxy) is 1. The van der Waals surface area contributed by atoms with Gasteiger partial charge in [0.1, 0.15) is 11.8 Å². The molecule has 0 aliphatic carbocycles. The van der Waals surface area contributed by atoms with Gasteiger partial charge in [0.05, 0.1) is 18.1 Å². The molecule has 0 radical (unpaired) electrons. The highest BCUT2D eigenvalue weighted by Gasteiger charge is 2.28. The molecule has 0 amide bonds. The molecule has 0 spiro atoms. The van der Waals surface area contributed by atoms with Gasteiger partial charge in [0, 0.05) is 17.7 Å². The SMILES string of the molecule is COc1ccc(-c2ccc(S(=O)(=O)NC(CC(O)CSc3n[nH]c(-c4ccccc4)n3)C(=O)O)cc2)cc1. The van der Waals surface area contributed by atoms with Crippen LogP contribution in [-0.4, -0.2) is 64.8 Å². The number of rotatable bonds is 12. The molecule has 0 fully saturated rings. The summed E-state index contributed by atoms with van der Waals surface area (Å²) in [6.07, 6.45) is -1.46. The zero-order valence-corrected chi connectivity index (χ0v) is 21.9. The van der Waals surface area contributed by atoms with Gasteiger partial charge in [-0.25, -0.2) is 13.4 Å². The summed E-state index contributed by atoms with van der Waals surface area (Å²) < 4.78 is 33.1. The second-order valence-corrected chi connectivity index (χ2v) is 11.0. The van der Waals surface area contributed by atoms with Crippen molar-refractivity contribution in [3.05, 3.63) is 78.9 Å². The quantitative estimate of drug-likeness (QED) is 0.193. The molecule has 38 heavy (non-hydrogen) atoms. The fourth-order valence-electron chi connectivity index (χ4n) is 3.61. The van der Waals surface area contributed by atoms with E-state index >= 15 is 0 Å². The summed E-state index contributed by atoms with van der Waals surface area (Å²) in [5, 5.41) is 27.3. The van der Waals surface area contributed by atoms with E-state index in [1.165, 1.54) is 12.1 Å². The highest BCUT2D eigenvalue weighted by molar-refractivity contribution is 7.99. The molecule has 4 N–H and O–H groups in total. The maximum atomic E-state index is 12.9. The number of methoxy groups -OCH3 is 1. The number of aliphatic carboxylic acids is 1. The third-order valence-electron chi connectivity index (χ3n) is 5.61. The van der Waals surface area contributed by atoms with E-state index in [-0.39, 0.29) is 17.1 Å². The smallest absolute Gasteiger partial charge is 0.321 e. The monoisotopic (exact) mass is 554 g/mol. The summed E-state index contributed by atoms with van der Waals surface area (Å²) in [5.74, 6) is -0.0442. The van der Waals surface area contributed by atoms with Crippen molar-refractivity contribution >= 4 is 27.8 Å². The number of thioether (sulfide) groups is 1. The number of carboxylic acid groups (broad SMARTS) is 1. The topological polar surface area (TPSA) is 154 Å². The fraction of sp³-hybridized carbons (Fsp3) is 0.192. The van der Waals surface area contributed by atoms with E-state index in [9.17, 15) is 23.4 Å². The molecule has 3 aromatic carbocycles. The number of hydrogen-bond donors (Lipinski definition) is 4. The Morgan fingerprint density at radius 3 is 2.24 bits per heavy atom. The molecule has 12 heteroatoms. The first-order chi connectivity index (χ1) is 18.2. The van der Waals surface area contributed by atoms with Crippen molar-refractivity contribution < 1.29 is 28.2 Å². The van der Waals surface area contributed by atoms with Crippen LogP contribution in [-0.2, 0) is 14.8 Å². The Hall–Kier alpha value is -3.71. The molecule has 2 unspecified atom stereocenters. The normalized spacial score (nSPS) is 13.1. The Kier molecular flexibility index (Phi) is 8.79. The predicted octanol–water partition coefficient (Wildman–Crippen LogP) is 3.42. The Bertz CT molecular complexity index is 1460. The zero-order chi connectivity index (χ0) is 27.1. The maximum Gasteiger partial charge on any atom is 0.321 e. The van der Waals surface area contributed by atoms with Crippen LogP contribution in [0.5, 0.6) is 5.75 Å². The van der Waals surface area contributed by atoms with Crippen LogP contribution in [0.2, 0.25) is 0 Å². The van der Waals surface area contributed by atoms with Crippen molar-refractivity contribution in [1.82, 2.24) is 19.9 Å². The van der Waals surface area contributed by atoms with Crippen LogP contribution < -0.4 is 9.46 Å². The average molecular weight is 555 g/mol. The summed E-state index contributed by atoms with van der Waals surface area (Å²) in [7, 11) is -2.58. The molecule has 198 valence electrons. The highest BCUT2D eigenvalue weighted by atomic mass is 32.2. The van der Waals surface area contributed by atoms with Crippen LogP contribution in [0.25, 0.3) is 22.5 Å². The van der Waals surface area contributed by atoms with Gasteiger partial charge in [-0.2, -0.15) is 4.72 Å². The zero-order valence-electron chi connectivity index (χ0n) is 20.3. The second kappa shape index (κ2) is 12.2. The van der Waals surface area contributed by atoms with Gasteiger partial charge in [-0.15, -0.1) is 5.10 Å². The number of aliphatic hydroxyl groups is 1. The van der Waals surface area contributed by atoms with Crippen molar-refractivity contribution in [3.8, 4) is 28.3 Å². The number of carboxylic acids is 1. The van der Waals surface area contributed by atoms with Crippen LogP contribution in [0.15, 0.2) is 88.9 Å². The second-order valence-electron chi connectivity index (χ2n) is 8.30. The van der Waals surface area contributed by atoms with Gasteiger partial charge >= 0.3 is 5.97 Å². The van der Waals surface area contributed by atoms with Crippen molar-refractivity contribution in [2.75, 3.05) is 12.9 Å². The van der Waals surface area contributed by atoms with E-state index in [4.69, 9.17) is 4.74 Å². The third-order valence-corrected chi connectivity index (χ3v) is 8.09. The number of aliphatic hydroxyl groups excluding tert-OH is 1. The number of sulfonamides is 1. The standard InChI is InChI=1S/C26H26N4O6S2/c1-36-21-11-7-17(8-12-21)18-9-13-22(14-10-18)38(34,35)30-23(25(32)33)15-20(31)16-37-26-27-24(28-29-26)19-5-3-2-4-6-19/h2-14,20,23,30-31H,15-16H2,1H3,(H,32,33)(H,27,28,29). The minimum Gasteiger partial charge on any atom is -0.497 e. The average Bonchev–Trinajstić information content (AvgIpc) is 3.41. The van der Waals surface area contributed by atoms with Crippen molar-refractivity contribution in [2.45, 2.75) is 28.6 Å². The molecule has 2 atom stereocenters. The van der Waals surface area contributed by atoms with Gasteiger partial charge in [0.2, 0.25) is 15.2 Å². The Morgan fingerprint density at radius 2 is 1.63 bits per heavy atom. The summed E-state index contributed by atoms with van der Waals surface area (Å²) in [6, 6.07) is 21.2. The number of aromatic amines is 1. The van der Waals surface area contributed by atoms with E-state index in [1.54, 1.807) is 31.4 Å². The number of nitrogens with zero attached hydrogens (tertiary/aromatic N) is 2.